The Balaban J connectivity index is 1.89. The fourth-order valence-corrected chi connectivity index (χ4v) is 6.57. The summed E-state index contributed by atoms with van der Waals surface area (Å²) < 4.78 is 64.5. The van der Waals surface area contributed by atoms with Crippen LogP contribution in [-0.4, -0.2) is 76.6 Å². The first kappa shape index (κ1) is 35.3. The molecule has 3 aromatic heterocycles. The van der Waals surface area contributed by atoms with Gasteiger partial charge in [0, 0.05) is 38.1 Å². The number of carbonyl (C=O) groups excluding carboxylic acids is 2. The van der Waals surface area contributed by atoms with Gasteiger partial charge in [0.15, 0.2) is 26.3 Å². The van der Waals surface area contributed by atoms with E-state index >= 15 is 8.78 Å². The number of anilines is 1. The molecule has 1 aromatic carbocycles. The standard InChI is InChI=1S/C34H36F2N6O6S/c1-8-26(43)40-14-15-41(20(6)17-40)30-22-16-24(36)28(27-23(35)10-9-11-25(27)48-33(44)19(4)5)38-31(22)42(34(45)39-30)29-21(18(2)3)12-13-37-32(29)49(7,46)47/h8-13,16,18-20H,1,14-15,17H2,2-7H3/t20-/m0/s1. The van der Waals surface area contributed by atoms with Crippen LogP contribution in [0.1, 0.15) is 46.1 Å². The van der Waals surface area contributed by atoms with Crippen molar-refractivity contribution in [1.82, 2.24) is 24.4 Å². The molecule has 258 valence electrons. The highest BCUT2D eigenvalue weighted by atomic mass is 32.2. The van der Waals surface area contributed by atoms with Gasteiger partial charge in [-0.1, -0.05) is 40.3 Å². The van der Waals surface area contributed by atoms with E-state index in [1.165, 1.54) is 24.4 Å². The van der Waals surface area contributed by atoms with E-state index in [1.54, 1.807) is 50.5 Å². The van der Waals surface area contributed by atoms with Crippen LogP contribution in [0.25, 0.3) is 28.0 Å². The fourth-order valence-electron chi connectivity index (χ4n) is 5.76. The number of fused-ring (bicyclic) bond motifs is 1. The molecule has 1 saturated heterocycles. The molecule has 4 heterocycles. The van der Waals surface area contributed by atoms with E-state index in [4.69, 9.17) is 4.74 Å². The minimum Gasteiger partial charge on any atom is -0.425 e. The van der Waals surface area contributed by atoms with Gasteiger partial charge in [0.2, 0.25) is 5.91 Å². The monoisotopic (exact) mass is 694 g/mol. The number of amides is 1. The average molecular weight is 695 g/mol. The van der Waals surface area contributed by atoms with Crippen molar-refractivity contribution in [3.8, 4) is 22.7 Å². The summed E-state index contributed by atoms with van der Waals surface area (Å²) in [5, 5.41) is -0.432. The van der Waals surface area contributed by atoms with Crippen LogP contribution in [0, 0.1) is 17.6 Å². The second kappa shape index (κ2) is 13.5. The molecule has 4 aromatic rings. The molecule has 1 amide bonds. The van der Waals surface area contributed by atoms with Crippen molar-refractivity contribution in [2.24, 2.45) is 5.92 Å². The second-order valence-electron chi connectivity index (χ2n) is 12.4. The van der Waals surface area contributed by atoms with Crippen LogP contribution in [0.4, 0.5) is 14.6 Å². The summed E-state index contributed by atoms with van der Waals surface area (Å²) in [6, 6.07) is 5.82. The summed E-state index contributed by atoms with van der Waals surface area (Å²) >= 11 is 0. The molecule has 0 saturated carbocycles. The number of hydrogen-bond acceptors (Lipinski definition) is 10. The Bertz CT molecular complexity index is 2170. The lowest BCUT2D eigenvalue weighted by Crippen LogP contribution is -2.54. The van der Waals surface area contributed by atoms with Crippen LogP contribution in [0.3, 0.4) is 0 Å². The first-order chi connectivity index (χ1) is 23.0. The zero-order valence-corrected chi connectivity index (χ0v) is 28.7. The first-order valence-electron chi connectivity index (χ1n) is 15.6. The van der Waals surface area contributed by atoms with Crippen LogP contribution in [0.2, 0.25) is 0 Å². The zero-order chi connectivity index (χ0) is 35.9. The Morgan fingerprint density at radius 1 is 1.08 bits per heavy atom. The molecule has 1 aliphatic heterocycles. The van der Waals surface area contributed by atoms with E-state index in [1.807, 2.05) is 0 Å². The normalized spacial score (nSPS) is 15.3. The van der Waals surface area contributed by atoms with Crippen molar-refractivity contribution < 1.29 is 31.5 Å². The van der Waals surface area contributed by atoms with E-state index in [0.717, 1.165) is 23.0 Å². The van der Waals surface area contributed by atoms with Gasteiger partial charge in [-0.15, -0.1) is 0 Å². The van der Waals surface area contributed by atoms with Gasteiger partial charge in [-0.05, 0) is 48.7 Å². The zero-order valence-electron chi connectivity index (χ0n) is 27.9. The maximum atomic E-state index is 16.4. The molecule has 15 heteroatoms. The maximum Gasteiger partial charge on any atom is 0.355 e. The number of hydrogen-bond donors (Lipinski definition) is 0. The predicted molar refractivity (Wildman–Crippen MR) is 180 cm³/mol. The molecule has 0 spiro atoms. The number of ether oxygens (including phenoxy) is 1. The number of pyridine rings is 2. The Morgan fingerprint density at radius 2 is 1.80 bits per heavy atom. The maximum absolute atomic E-state index is 16.4. The molecule has 49 heavy (non-hydrogen) atoms. The van der Waals surface area contributed by atoms with E-state index < -0.39 is 61.4 Å². The lowest BCUT2D eigenvalue weighted by atomic mass is 10.0. The molecular weight excluding hydrogens is 658 g/mol. The smallest absolute Gasteiger partial charge is 0.355 e. The number of rotatable bonds is 8. The van der Waals surface area contributed by atoms with Crippen molar-refractivity contribution in [2.75, 3.05) is 30.8 Å². The molecule has 0 aliphatic carbocycles. The van der Waals surface area contributed by atoms with Gasteiger partial charge in [0.05, 0.1) is 22.6 Å². The molecular formula is C34H36F2N6O6S. The SMILES string of the molecule is C=CC(=O)N1CCN(c2nc(=O)n(-c3c(C(C)C)ccnc3S(C)(=O)=O)c3nc(-c4c(F)cccc4OC(=O)C(C)C)c(F)cc23)[C@@H](C)C1. The number of benzene rings is 1. The molecule has 12 nitrogen and oxygen atoms in total. The molecule has 1 atom stereocenters. The third-order valence-electron chi connectivity index (χ3n) is 8.20. The van der Waals surface area contributed by atoms with Crippen LogP contribution in [-0.2, 0) is 19.4 Å². The molecule has 0 bridgehead atoms. The van der Waals surface area contributed by atoms with Crippen molar-refractivity contribution in [3.05, 3.63) is 76.9 Å². The number of carbonyl (C=O) groups is 2. The average Bonchev–Trinajstić information content (AvgIpc) is 3.03. The number of esters is 1. The number of sulfone groups is 1. The van der Waals surface area contributed by atoms with Crippen LogP contribution < -0.4 is 15.3 Å². The van der Waals surface area contributed by atoms with Crippen molar-refractivity contribution >= 4 is 38.6 Å². The lowest BCUT2D eigenvalue weighted by Gasteiger charge is -2.40. The number of piperazine rings is 1. The Kier molecular flexibility index (Phi) is 9.68. The third kappa shape index (κ3) is 6.67. The first-order valence-corrected chi connectivity index (χ1v) is 17.4. The molecule has 0 unspecified atom stereocenters. The summed E-state index contributed by atoms with van der Waals surface area (Å²) in [7, 11) is -4.06. The molecule has 1 aliphatic rings. The molecule has 1 fully saturated rings. The van der Waals surface area contributed by atoms with Crippen LogP contribution >= 0.6 is 0 Å². The fraction of sp³-hybridized carbons (Fsp3) is 0.353. The van der Waals surface area contributed by atoms with Gasteiger partial charge in [-0.2, -0.15) is 4.98 Å². The second-order valence-corrected chi connectivity index (χ2v) is 14.4. The Hall–Kier alpha value is -5.05. The summed E-state index contributed by atoms with van der Waals surface area (Å²) in [6.45, 7) is 12.8. The van der Waals surface area contributed by atoms with E-state index in [-0.39, 0.29) is 59.7 Å². The third-order valence-corrected chi connectivity index (χ3v) is 9.20. The van der Waals surface area contributed by atoms with Gasteiger partial charge in [-0.3, -0.25) is 9.59 Å². The highest BCUT2D eigenvalue weighted by molar-refractivity contribution is 7.90. The summed E-state index contributed by atoms with van der Waals surface area (Å²) in [5.41, 5.74) is -1.99. The number of halogens is 2. The highest BCUT2D eigenvalue weighted by Gasteiger charge is 2.32. The predicted octanol–water partition coefficient (Wildman–Crippen LogP) is 4.43. The van der Waals surface area contributed by atoms with Gasteiger partial charge >= 0.3 is 11.7 Å². The van der Waals surface area contributed by atoms with Crippen molar-refractivity contribution in [1.29, 1.82) is 0 Å². The molecule has 0 radical (unpaired) electrons. The topological polar surface area (TPSA) is 145 Å². The lowest BCUT2D eigenvalue weighted by molar-refractivity contribution is -0.137. The minimum absolute atomic E-state index is 0.00581. The van der Waals surface area contributed by atoms with Crippen molar-refractivity contribution in [2.45, 2.75) is 51.6 Å². The largest absolute Gasteiger partial charge is 0.425 e. The molecule has 5 rings (SSSR count). The van der Waals surface area contributed by atoms with E-state index in [0.29, 0.717) is 5.56 Å². The van der Waals surface area contributed by atoms with Gasteiger partial charge in [-0.25, -0.2) is 36.5 Å². The molecule has 0 N–H and O–H groups in total. The summed E-state index contributed by atoms with van der Waals surface area (Å²) in [4.78, 5) is 55.3. The van der Waals surface area contributed by atoms with Gasteiger partial charge in [0.1, 0.15) is 23.1 Å². The Labute approximate surface area is 282 Å². The van der Waals surface area contributed by atoms with Crippen molar-refractivity contribution in [3.63, 3.8) is 0 Å². The summed E-state index contributed by atoms with van der Waals surface area (Å²) in [6.07, 6.45) is 3.45. The van der Waals surface area contributed by atoms with Crippen LogP contribution in [0.5, 0.6) is 5.75 Å². The highest BCUT2D eigenvalue weighted by Crippen LogP contribution is 2.38. The minimum atomic E-state index is -4.06. The quantitative estimate of drug-likeness (QED) is 0.148. The van der Waals surface area contributed by atoms with E-state index in [2.05, 4.69) is 21.5 Å². The Morgan fingerprint density at radius 3 is 2.41 bits per heavy atom. The van der Waals surface area contributed by atoms with Gasteiger partial charge < -0.3 is 14.5 Å². The summed E-state index contributed by atoms with van der Waals surface area (Å²) in [5.74, 6) is -4.16. The van der Waals surface area contributed by atoms with Crippen LogP contribution in [0.15, 0.2) is 59.0 Å². The van der Waals surface area contributed by atoms with E-state index in [9.17, 15) is 22.8 Å². The number of aromatic nitrogens is 4. The van der Waals surface area contributed by atoms with Gasteiger partial charge in [0.25, 0.3) is 0 Å². The number of nitrogens with zero attached hydrogens (tertiary/aromatic N) is 6.